The summed E-state index contributed by atoms with van der Waals surface area (Å²) in [5.74, 6) is 1.22. The van der Waals surface area contributed by atoms with Crippen LogP contribution < -0.4 is 11.1 Å². The van der Waals surface area contributed by atoms with Crippen molar-refractivity contribution in [3.63, 3.8) is 0 Å². The van der Waals surface area contributed by atoms with Gasteiger partial charge in [0, 0.05) is 12.0 Å². The Labute approximate surface area is 125 Å². The van der Waals surface area contributed by atoms with Crippen LogP contribution in [0.1, 0.15) is 78.1 Å². The van der Waals surface area contributed by atoms with Crippen molar-refractivity contribution in [3.8, 4) is 0 Å². The SMILES string of the molecule is CCCCC(CCC)NC(=O)C1CCCC(CCN)C1. The Morgan fingerprint density at radius 2 is 2.05 bits per heavy atom. The van der Waals surface area contributed by atoms with E-state index in [2.05, 4.69) is 19.2 Å². The minimum atomic E-state index is 0.237. The second-order valence-electron chi connectivity index (χ2n) is 6.44. The number of hydrogen-bond donors (Lipinski definition) is 2. The zero-order valence-corrected chi connectivity index (χ0v) is 13.5. The van der Waals surface area contributed by atoms with E-state index >= 15 is 0 Å². The minimum absolute atomic E-state index is 0.237. The largest absolute Gasteiger partial charge is 0.353 e. The molecule has 118 valence electrons. The molecule has 3 N–H and O–H groups in total. The van der Waals surface area contributed by atoms with Crippen LogP contribution in [0.15, 0.2) is 0 Å². The summed E-state index contributed by atoms with van der Waals surface area (Å²) in [5, 5.41) is 3.31. The van der Waals surface area contributed by atoms with E-state index < -0.39 is 0 Å². The summed E-state index contributed by atoms with van der Waals surface area (Å²) in [5.41, 5.74) is 5.66. The third-order valence-electron chi connectivity index (χ3n) is 4.62. The first-order valence-electron chi connectivity index (χ1n) is 8.71. The molecule has 1 fully saturated rings. The Bertz CT molecular complexity index is 266. The molecule has 0 radical (unpaired) electrons. The van der Waals surface area contributed by atoms with Crippen molar-refractivity contribution in [1.82, 2.24) is 5.32 Å². The molecule has 1 rings (SSSR count). The number of amides is 1. The molecule has 0 aromatic heterocycles. The van der Waals surface area contributed by atoms with Crippen molar-refractivity contribution in [2.45, 2.75) is 84.1 Å². The summed E-state index contributed by atoms with van der Waals surface area (Å²) in [6.45, 7) is 5.17. The van der Waals surface area contributed by atoms with Gasteiger partial charge in [-0.05, 0) is 44.6 Å². The first kappa shape index (κ1) is 17.5. The van der Waals surface area contributed by atoms with Crippen LogP contribution in [0, 0.1) is 11.8 Å². The monoisotopic (exact) mass is 282 g/mol. The second kappa shape index (κ2) is 10.2. The van der Waals surface area contributed by atoms with Crippen LogP contribution in [-0.2, 0) is 4.79 Å². The summed E-state index contributed by atoms with van der Waals surface area (Å²) in [6, 6.07) is 0.391. The van der Waals surface area contributed by atoms with Gasteiger partial charge in [-0.3, -0.25) is 4.79 Å². The van der Waals surface area contributed by atoms with Crippen molar-refractivity contribution in [1.29, 1.82) is 0 Å². The van der Waals surface area contributed by atoms with Gasteiger partial charge in [-0.15, -0.1) is 0 Å². The van der Waals surface area contributed by atoms with Crippen LogP contribution in [0.25, 0.3) is 0 Å². The molecule has 1 amide bonds. The first-order chi connectivity index (χ1) is 9.71. The summed E-state index contributed by atoms with van der Waals surface area (Å²) in [6.07, 6.45) is 11.5. The molecule has 0 spiro atoms. The van der Waals surface area contributed by atoms with E-state index in [0.29, 0.717) is 17.9 Å². The predicted octanol–water partition coefficient (Wildman–Crippen LogP) is 3.62. The number of carbonyl (C=O) groups is 1. The van der Waals surface area contributed by atoms with Gasteiger partial charge in [-0.1, -0.05) is 46.0 Å². The molecule has 3 nitrogen and oxygen atoms in total. The molecule has 1 aliphatic rings. The van der Waals surface area contributed by atoms with Crippen LogP contribution in [0.3, 0.4) is 0 Å². The Morgan fingerprint density at radius 1 is 1.25 bits per heavy atom. The quantitative estimate of drug-likeness (QED) is 0.678. The molecule has 0 aliphatic heterocycles. The fraction of sp³-hybridized carbons (Fsp3) is 0.941. The summed E-state index contributed by atoms with van der Waals surface area (Å²) < 4.78 is 0. The maximum absolute atomic E-state index is 12.5. The standard InChI is InChI=1S/C17H34N2O/c1-3-5-10-16(7-4-2)19-17(20)15-9-6-8-14(13-15)11-12-18/h14-16H,3-13,18H2,1-2H3,(H,19,20). The van der Waals surface area contributed by atoms with E-state index in [-0.39, 0.29) is 5.92 Å². The molecule has 3 unspecified atom stereocenters. The van der Waals surface area contributed by atoms with E-state index in [0.717, 1.165) is 45.1 Å². The number of nitrogens with one attached hydrogen (secondary N) is 1. The summed E-state index contributed by atoms with van der Waals surface area (Å²) in [7, 11) is 0. The fourth-order valence-electron chi connectivity index (χ4n) is 3.43. The van der Waals surface area contributed by atoms with E-state index in [1.807, 2.05) is 0 Å². The molecular weight excluding hydrogens is 248 g/mol. The second-order valence-corrected chi connectivity index (χ2v) is 6.44. The average Bonchev–Trinajstić information content (AvgIpc) is 2.45. The van der Waals surface area contributed by atoms with Gasteiger partial charge in [-0.25, -0.2) is 0 Å². The number of hydrogen-bond acceptors (Lipinski definition) is 2. The first-order valence-corrected chi connectivity index (χ1v) is 8.71. The van der Waals surface area contributed by atoms with Crippen molar-refractivity contribution < 1.29 is 4.79 Å². The molecule has 0 aromatic rings. The van der Waals surface area contributed by atoms with Gasteiger partial charge in [0.05, 0.1) is 0 Å². The summed E-state index contributed by atoms with van der Waals surface area (Å²) >= 11 is 0. The van der Waals surface area contributed by atoms with Crippen LogP contribution >= 0.6 is 0 Å². The molecule has 1 aliphatic carbocycles. The van der Waals surface area contributed by atoms with E-state index in [9.17, 15) is 4.79 Å². The number of carbonyl (C=O) groups excluding carboxylic acids is 1. The molecule has 20 heavy (non-hydrogen) atoms. The Kier molecular flexibility index (Phi) is 8.92. The molecule has 0 saturated heterocycles. The highest BCUT2D eigenvalue weighted by atomic mass is 16.1. The van der Waals surface area contributed by atoms with E-state index in [1.54, 1.807) is 0 Å². The topological polar surface area (TPSA) is 55.1 Å². The van der Waals surface area contributed by atoms with Crippen LogP contribution in [0.5, 0.6) is 0 Å². The number of nitrogens with two attached hydrogens (primary N) is 1. The lowest BCUT2D eigenvalue weighted by Crippen LogP contribution is -2.40. The predicted molar refractivity (Wildman–Crippen MR) is 85.5 cm³/mol. The maximum Gasteiger partial charge on any atom is 0.223 e. The van der Waals surface area contributed by atoms with Gasteiger partial charge in [0.15, 0.2) is 0 Å². The minimum Gasteiger partial charge on any atom is -0.353 e. The Hall–Kier alpha value is -0.570. The zero-order valence-electron chi connectivity index (χ0n) is 13.5. The van der Waals surface area contributed by atoms with Gasteiger partial charge < -0.3 is 11.1 Å². The van der Waals surface area contributed by atoms with Gasteiger partial charge in [0.1, 0.15) is 0 Å². The fourth-order valence-corrected chi connectivity index (χ4v) is 3.43. The normalized spacial score (nSPS) is 24.4. The van der Waals surface area contributed by atoms with Crippen molar-refractivity contribution in [2.75, 3.05) is 6.54 Å². The molecule has 3 heteroatoms. The van der Waals surface area contributed by atoms with Crippen LogP contribution in [0.4, 0.5) is 0 Å². The molecule has 0 heterocycles. The third kappa shape index (κ3) is 6.25. The lowest BCUT2D eigenvalue weighted by Gasteiger charge is -2.29. The lowest BCUT2D eigenvalue weighted by molar-refractivity contribution is -0.127. The van der Waals surface area contributed by atoms with Crippen molar-refractivity contribution >= 4 is 5.91 Å². The molecule has 1 saturated carbocycles. The lowest BCUT2D eigenvalue weighted by atomic mass is 9.79. The van der Waals surface area contributed by atoms with E-state index in [4.69, 9.17) is 5.73 Å². The highest BCUT2D eigenvalue weighted by Gasteiger charge is 2.27. The molecule has 0 bridgehead atoms. The van der Waals surface area contributed by atoms with E-state index in [1.165, 1.54) is 25.7 Å². The highest BCUT2D eigenvalue weighted by molar-refractivity contribution is 5.79. The van der Waals surface area contributed by atoms with Gasteiger partial charge in [-0.2, -0.15) is 0 Å². The van der Waals surface area contributed by atoms with Crippen molar-refractivity contribution in [2.24, 2.45) is 17.6 Å². The number of rotatable bonds is 9. The number of unbranched alkanes of at least 4 members (excludes halogenated alkanes) is 1. The smallest absolute Gasteiger partial charge is 0.223 e. The Morgan fingerprint density at radius 3 is 2.70 bits per heavy atom. The zero-order chi connectivity index (χ0) is 14.8. The molecule has 0 aromatic carbocycles. The maximum atomic E-state index is 12.5. The van der Waals surface area contributed by atoms with Gasteiger partial charge >= 0.3 is 0 Å². The van der Waals surface area contributed by atoms with Gasteiger partial charge in [0.25, 0.3) is 0 Å². The van der Waals surface area contributed by atoms with Gasteiger partial charge in [0.2, 0.25) is 5.91 Å². The average molecular weight is 282 g/mol. The molecule has 3 atom stereocenters. The highest BCUT2D eigenvalue weighted by Crippen LogP contribution is 2.31. The Balaban J connectivity index is 2.41. The van der Waals surface area contributed by atoms with Crippen molar-refractivity contribution in [3.05, 3.63) is 0 Å². The van der Waals surface area contributed by atoms with Crippen LogP contribution in [-0.4, -0.2) is 18.5 Å². The third-order valence-corrected chi connectivity index (χ3v) is 4.62. The summed E-state index contributed by atoms with van der Waals surface area (Å²) in [4.78, 5) is 12.5. The van der Waals surface area contributed by atoms with Crippen LogP contribution in [0.2, 0.25) is 0 Å². The molecular formula is C17H34N2O.